The summed E-state index contributed by atoms with van der Waals surface area (Å²) in [6.45, 7) is 5.51. The summed E-state index contributed by atoms with van der Waals surface area (Å²) >= 11 is 1.48. The van der Waals surface area contributed by atoms with E-state index in [2.05, 4.69) is 46.4 Å². The Kier molecular flexibility index (Phi) is 8.16. The van der Waals surface area contributed by atoms with Gasteiger partial charge in [0.05, 0.1) is 33.5 Å². The molecule has 2 heterocycles. The largest absolute Gasteiger partial charge is 0.493 e. The van der Waals surface area contributed by atoms with E-state index in [1.165, 1.54) is 16.9 Å². The zero-order valence-corrected chi connectivity index (χ0v) is 20.7. The molecular weight excluding hydrogens is 450 g/mol. The number of rotatable bonds is 9. The number of amides is 1. The maximum Gasteiger partial charge on any atom is 0.270 e. The number of benzene rings is 2. The predicted octanol–water partition coefficient (Wildman–Crippen LogP) is 4.19. The van der Waals surface area contributed by atoms with Gasteiger partial charge in [-0.05, 0) is 29.7 Å². The van der Waals surface area contributed by atoms with Crippen molar-refractivity contribution in [1.29, 1.82) is 0 Å². The molecule has 0 saturated carbocycles. The number of aryl methyl sites for hydroxylation is 1. The third-order valence-corrected chi connectivity index (χ3v) is 6.97. The Morgan fingerprint density at radius 1 is 1.12 bits per heavy atom. The topological polar surface area (TPSA) is 72.9 Å². The number of ether oxygens (including phenoxy) is 3. The Balaban J connectivity index is 1.49. The zero-order valence-electron chi connectivity index (χ0n) is 19.9. The SMILES string of the molecule is CCc1ccc(-c2nc(C(=O)NC[C@H](c3ccc(OC)c(OC)c3)N3CCOCC3)cs2)cc1. The number of methoxy groups -OCH3 is 2. The molecule has 1 aromatic heterocycles. The minimum Gasteiger partial charge on any atom is -0.493 e. The van der Waals surface area contributed by atoms with Gasteiger partial charge in [-0.1, -0.05) is 37.3 Å². The van der Waals surface area contributed by atoms with E-state index >= 15 is 0 Å². The van der Waals surface area contributed by atoms with Crippen LogP contribution in [0.3, 0.4) is 0 Å². The number of thiazole rings is 1. The quantitative estimate of drug-likeness (QED) is 0.494. The van der Waals surface area contributed by atoms with Crippen LogP contribution in [0.2, 0.25) is 0 Å². The molecule has 0 bridgehead atoms. The van der Waals surface area contributed by atoms with Gasteiger partial charge in [-0.2, -0.15) is 0 Å². The van der Waals surface area contributed by atoms with Crippen LogP contribution >= 0.6 is 11.3 Å². The Bertz CT molecular complexity index is 1090. The molecule has 1 amide bonds. The highest BCUT2D eigenvalue weighted by molar-refractivity contribution is 7.13. The fourth-order valence-corrected chi connectivity index (χ4v) is 4.89. The van der Waals surface area contributed by atoms with Crippen molar-refractivity contribution < 1.29 is 19.0 Å². The van der Waals surface area contributed by atoms with Crippen molar-refractivity contribution in [3.8, 4) is 22.1 Å². The lowest BCUT2D eigenvalue weighted by molar-refractivity contribution is 0.0161. The summed E-state index contributed by atoms with van der Waals surface area (Å²) in [7, 11) is 3.25. The second-order valence-corrected chi connectivity index (χ2v) is 8.94. The molecule has 180 valence electrons. The molecule has 7 nitrogen and oxygen atoms in total. The summed E-state index contributed by atoms with van der Waals surface area (Å²) in [6.07, 6.45) is 0.996. The maximum absolute atomic E-state index is 13.0. The van der Waals surface area contributed by atoms with E-state index in [9.17, 15) is 4.79 Å². The van der Waals surface area contributed by atoms with Crippen molar-refractivity contribution in [3.63, 3.8) is 0 Å². The average molecular weight is 482 g/mol. The Morgan fingerprint density at radius 2 is 1.85 bits per heavy atom. The minimum absolute atomic E-state index is 0.0210. The van der Waals surface area contributed by atoms with Gasteiger partial charge in [0.25, 0.3) is 5.91 Å². The van der Waals surface area contributed by atoms with Gasteiger partial charge in [0.15, 0.2) is 11.5 Å². The number of hydrogen-bond donors (Lipinski definition) is 1. The van der Waals surface area contributed by atoms with Crippen molar-refractivity contribution in [2.75, 3.05) is 47.1 Å². The molecule has 1 saturated heterocycles. The van der Waals surface area contributed by atoms with E-state index in [0.29, 0.717) is 37.0 Å². The molecule has 0 aliphatic carbocycles. The summed E-state index contributed by atoms with van der Waals surface area (Å²) in [5.74, 6) is 1.17. The molecule has 0 unspecified atom stereocenters. The summed E-state index contributed by atoms with van der Waals surface area (Å²) in [6, 6.07) is 14.2. The molecule has 4 rings (SSSR count). The number of morpholine rings is 1. The lowest BCUT2D eigenvalue weighted by Gasteiger charge is -2.35. The predicted molar refractivity (Wildman–Crippen MR) is 134 cm³/mol. The van der Waals surface area contributed by atoms with Crippen LogP contribution in [0.4, 0.5) is 0 Å². The van der Waals surface area contributed by atoms with Crippen molar-refractivity contribution >= 4 is 17.2 Å². The van der Waals surface area contributed by atoms with Crippen LogP contribution in [0, 0.1) is 0 Å². The lowest BCUT2D eigenvalue weighted by atomic mass is 10.0. The Morgan fingerprint density at radius 3 is 2.53 bits per heavy atom. The lowest BCUT2D eigenvalue weighted by Crippen LogP contribution is -2.43. The molecule has 34 heavy (non-hydrogen) atoms. The van der Waals surface area contributed by atoms with E-state index in [0.717, 1.165) is 35.6 Å². The van der Waals surface area contributed by atoms with E-state index in [4.69, 9.17) is 14.2 Å². The summed E-state index contributed by atoms with van der Waals surface area (Å²) in [4.78, 5) is 19.9. The smallest absolute Gasteiger partial charge is 0.270 e. The molecule has 8 heteroatoms. The van der Waals surface area contributed by atoms with Crippen LogP contribution in [-0.2, 0) is 11.2 Å². The second kappa shape index (κ2) is 11.5. The second-order valence-electron chi connectivity index (χ2n) is 8.08. The molecular formula is C26H31N3O4S. The summed E-state index contributed by atoms with van der Waals surface area (Å²) in [5, 5.41) is 5.76. The van der Waals surface area contributed by atoms with Gasteiger partial charge in [-0.3, -0.25) is 9.69 Å². The number of hydrogen-bond acceptors (Lipinski definition) is 7. The van der Waals surface area contributed by atoms with Crippen LogP contribution in [0.15, 0.2) is 47.8 Å². The number of carbonyl (C=O) groups is 1. The van der Waals surface area contributed by atoms with Crippen molar-refractivity contribution in [3.05, 3.63) is 64.7 Å². The Labute approximate surface area is 204 Å². The monoisotopic (exact) mass is 481 g/mol. The molecule has 1 aliphatic rings. The van der Waals surface area contributed by atoms with Gasteiger partial charge in [-0.15, -0.1) is 11.3 Å². The molecule has 1 atom stereocenters. The van der Waals surface area contributed by atoms with E-state index in [1.807, 2.05) is 23.6 Å². The van der Waals surface area contributed by atoms with Crippen molar-refractivity contribution in [2.45, 2.75) is 19.4 Å². The fourth-order valence-electron chi connectivity index (χ4n) is 4.08. The molecule has 3 aromatic rings. The van der Waals surface area contributed by atoms with Gasteiger partial charge in [0.2, 0.25) is 0 Å². The summed E-state index contributed by atoms with van der Waals surface area (Å²) in [5.41, 5.74) is 3.79. The van der Waals surface area contributed by atoms with Gasteiger partial charge in [0, 0.05) is 30.6 Å². The summed E-state index contributed by atoms with van der Waals surface area (Å²) < 4.78 is 16.4. The van der Waals surface area contributed by atoms with E-state index < -0.39 is 0 Å². The fraction of sp³-hybridized carbons (Fsp3) is 0.385. The third kappa shape index (κ3) is 5.58. The normalized spacial score (nSPS) is 15.0. The highest BCUT2D eigenvalue weighted by Crippen LogP contribution is 2.32. The first kappa shape index (κ1) is 24.2. The van der Waals surface area contributed by atoms with Crippen LogP contribution in [0.5, 0.6) is 11.5 Å². The van der Waals surface area contributed by atoms with E-state index in [1.54, 1.807) is 14.2 Å². The van der Waals surface area contributed by atoms with Gasteiger partial charge < -0.3 is 19.5 Å². The van der Waals surface area contributed by atoms with Crippen LogP contribution in [0.25, 0.3) is 10.6 Å². The van der Waals surface area contributed by atoms with Gasteiger partial charge in [0.1, 0.15) is 10.7 Å². The first-order valence-electron chi connectivity index (χ1n) is 11.5. The van der Waals surface area contributed by atoms with Crippen LogP contribution in [0.1, 0.15) is 34.6 Å². The molecule has 2 aromatic carbocycles. The molecule has 1 fully saturated rings. The molecule has 1 N–H and O–H groups in total. The van der Waals surface area contributed by atoms with Crippen molar-refractivity contribution in [1.82, 2.24) is 15.2 Å². The average Bonchev–Trinajstić information content (AvgIpc) is 3.40. The zero-order chi connectivity index (χ0) is 23.9. The van der Waals surface area contributed by atoms with Gasteiger partial charge >= 0.3 is 0 Å². The van der Waals surface area contributed by atoms with Crippen LogP contribution in [-0.4, -0.2) is 62.9 Å². The molecule has 0 spiro atoms. The number of carbonyl (C=O) groups excluding carboxylic acids is 1. The highest BCUT2D eigenvalue weighted by Gasteiger charge is 2.25. The molecule has 0 radical (unpaired) electrons. The standard InChI is InChI=1S/C26H31N3O4S/c1-4-18-5-7-19(8-6-18)26-28-21(17-34-26)25(30)27-16-22(29-11-13-33-14-12-29)20-9-10-23(31-2)24(15-20)32-3/h5-10,15,17,22H,4,11-14,16H2,1-3H3,(H,27,30)/t22-/m1/s1. The third-order valence-electron chi connectivity index (χ3n) is 6.08. The molecule has 1 aliphatic heterocycles. The van der Waals surface area contributed by atoms with E-state index in [-0.39, 0.29) is 11.9 Å². The van der Waals surface area contributed by atoms with Gasteiger partial charge in [-0.25, -0.2) is 4.98 Å². The van der Waals surface area contributed by atoms with Crippen LogP contribution < -0.4 is 14.8 Å². The number of aromatic nitrogens is 1. The minimum atomic E-state index is -0.175. The maximum atomic E-state index is 13.0. The Hall–Kier alpha value is -2.94. The first-order chi connectivity index (χ1) is 16.6. The number of nitrogens with zero attached hydrogens (tertiary/aromatic N) is 2. The first-order valence-corrected chi connectivity index (χ1v) is 12.4. The van der Waals surface area contributed by atoms with Crippen molar-refractivity contribution in [2.24, 2.45) is 0 Å². The number of nitrogens with one attached hydrogen (secondary N) is 1. The highest BCUT2D eigenvalue weighted by atomic mass is 32.1.